The molecule has 112 valence electrons. The van der Waals surface area contributed by atoms with Crippen molar-refractivity contribution in [3.8, 4) is 22.9 Å². The summed E-state index contributed by atoms with van der Waals surface area (Å²) >= 11 is 0. The lowest BCUT2D eigenvalue weighted by atomic mass is 10.0. The van der Waals surface area contributed by atoms with Crippen LogP contribution in [0.4, 0.5) is 0 Å². The molecule has 0 unspecified atom stereocenters. The van der Waals surface area contributed by atoms with Crippen molar-refractivity contribution in [2.45, 2.75) is 26.2 Å². The average molecular weight is 291 g/mol. The van der Waals surface area contributed by atoms with E-state index >= 15 is 0 Å². The van der Waals surface area contributed by atoms with Crippen molar-refractivity contribution in [1.29, 1.82) is 5.26 Å². The van der Waals surface area contributed by atoms with Crippen LogP contribution in [0.5, 0.6) is 5.75 Å². The molecule has 0 aromatic heterocycles. The number of nitriles is 1. The van der Waals surface area contributed by atoms with Crippen LogP contribution in [0, 0.1) is 11.3 Å². The first kappa shape index (κ1) is 15.9. The van der Waals surface area contributed by atoms with E-state index in [1.165, 1.54) is 6.42 Å². The van der Waals surface area contributed by atoms with Crippen LogP contribution in [0.2, 0.25) is 0 Å². The Morgan fingerprint density at radius 2 is 1.50 bits per heavy atom. The van der Waals surface area contributed by atoms with Crippen LogP contribution in [-0.2, 0) is 0 Å². The highest BCUT2D eigenvalue weighted by Gasteiger charge is 1.99. The second-order valence-corrected chi connectivity index (χ2v) is 5.11. The second kappa shape index (κ2) is 8.69. The number of allylic oxidation sites excluding steroid dienone is 1. The summed E-state index contributed by atoms with van der Waals surface area (Å²) in [6.07, 6.45) is 7.65. The maximum atomic E-state index is 8.81. The summed E-state index contributed by atoms with van der Waals surface area (Å²) < 4.78 is 5.72. The third-order valence-electron chi connectivity index (χ3n) is 3.38. The molecule has 22 heavy (non-hydrogen) atoms. The zero-order chi connectivity index (χ0) is 15.6. The van der Waals surface area contributed by atoms with Crippen LogP contribution in [-0.4, -0.2) is 6.61 Å². The van der Waals surface area contributed by atoms with E-state index in [4.69, 9.17) is 10.00 Å². The van der Waals surface area contributed by atoms with Gasteiger partial charge in [-0.1, -0.05) is 49.8 Å². The minimum atomic E-state index is 0.680. The van der Waals surface area contributed by atoms with E-state index in [1.54, 1.807) is 0 Å². The summed E-state index contributed by atoms with van der Waals surface area (Å²) in [6.45, 7) is 2.88. The molecule has 2 nitrogen and oxygen atoms in total. The number of benzene rings is 2. The van der Waals surface area contributed by atoms with Gasteiger partial charge in [-0.15, -0.1) is 0 Å². The lowest BCUT2D eigenvalue weighted by molar-refractivity contribution is 0.325. The molecule has 0 N–H and O–H groups in total. The first-order valence-electron chi connectivity index (χ1n) is 7.72. The number of hydrogen-bond acceptors (Lipinski definition) is 2. The highest BCUT2D eigenvalue weighted by atomic mass is 16.5. The third kappa shape index (κ3) is 4.79. The fourth-order valence-electron chi connectivity index (χ4n) is 2.13. The van der Waals surface area contributed by atoms with Crippen LogP contribution in [0.3, 0.4) is 0 Å². The Bertz CT molecular complexity index is 633. The maximum Gasteiger partial charge on any atom is 0.119 e. The molecule has 0 saturated heterocycles. The molecule has 0 aliphatic heterocycles. The zero-order valence-electron chi connectivity index (χ0n) is 13.0. The predicted molar refractivity (Wildman–Crippen MR) is 90.8 cm³/mol. The Morgan fingerprint density at radius 3 is 2.09 bits per heavy atom. The molecular formula is C20H21NO. The molecule has 0 atom stereocenters. The topological polar surface area (TPSA) is 33.0 Å². The monoisotopic (exact) mass is 291 g/mol. The molecule has 2 heteroatoms. The quantitative estimate of drug-likeness (QED) is 0.509. The molecule has 0 fully saturated rings. The molecule has 2 aromatic carbocycles. The largest absolute Gasteiger partial charge is 0.493 e. The molecule has 0 aliphatic rings. The lowest BCUT2D eigenvalue weighted by Crippen LogP contribution is -1.95. The molecule has 0 saturated carbocycles. The molecule has 2 rings (SSSR count). The molecule has 0 heterocycles. The second-order valence-electron chi connectivity index (χ2n) is 5.11. The number of ether oxygens (including phenoxy) is 1. The minimum Gasteiger partial charge on any atom is -0.493 e. The van der Waals surface area contributed by atoms with Crippen LogP contribution < -0.4 is 4.74 Å². The maximum absolute atomic E-state index is 8.81. The van der Waals surface area contributed by atoms with E-state index < -0.39 is 0 Å². The first-order valence-corrected chi connectivity index (χ1v) is 7.72. The molecule has 0 amide bonds. The minimum absolute atomic E-state index is 0.680. The molecular weight excluding hydrogens is 270 g/mol. The Morgan fingerprint density at radius 1 is 0.909 bits per heavy atom. The molecule has 2 aromatic rings. The van der Waals surface area contributed by atoms with E-state index in [1.807, 2.05) is 48.5 Å². The Kier molecular flexibility index (Phi) is 6.26. The third-order valence-corrected chi connectivity index (χ3v) is 3.38. The van der Waals surface area contributed by atoms with Gasteiger partial charge in [-0.2, -0.15) is 5.26 Å². The van der Waals surface area contributed by atoms with Gasteiger partial charge in [0.1, 0.15) is 5.75 Å². The fraction of sp³-hybridized carbons (Fsp3) is 0.250. The van der Waals surface area contributed by atoms with Crippen molar-refractivity contribution < 1.29 is 4.74 Å². The van der Waals surface area contributed by atoms with Gasteiger partial charge in [-0.25, -0.2) is 0 Å². The van der Waals surface area contributed by atoms with Gasteiger partial charge in [0.05, 0.1) is 18.2 Å². The smallest absolute Gasteiger partial charge is 0.119 e. The van der Waals surface area contributed by atoms with E-state index in [0.29, 0.717) is 12.2 Å². The van der Waals surface area contributed by atoms with E-state index in [0.717, 1.165) is 29.7 Å². The van der Waals surface area contributed by atoms with E-state index in [2.05, 4.69) is 25.1 Å². The zero-order valence-corrected chi connectivity index (χ0v) is 13.0. The normalized spacial score (nSPS) is 10.5. The SMILES string of the molecule is CCC/C=C/CCOc1ccc(-c2ccc(C#N)cc2)cc1. The van der Waals surface area contributed by atoms with Crippen LogP contribution in [0.25, 0.3) is 11.1 Å². The molecule has 0 bridgehead atoms. The first-order chi connectivity index (χ1) is 10.8. The number of nitrogens with zero attached hydrogens (tertiary/aromatic N) is 1. The fourth-order valence-corrected chi connectivity index (χ4v) is 2.13. The highest BCUT2D eigenvalue weighted by Crippen LogP contribution is 2.22. The highest BCUT2D eigenvalue weighted by molar-refractivity contribution is 5.64. The Hall–Kier alpha value is -2.53. The average Bonchev–Trinajstić information content (AvgIpc) is 2.59. The molecule has 0 aliphatic carbocycles. The summed E-state index contributed by atoms with van der Waals surface area (Å²) in [5.74, 6) is 0.890. The van der Waals surface area contributed by atoms with Crippen molar-refractivity contribution in [3.63, 3.8) is 0 Å². The Balaban J connectivity index is 1.88. The summed E-state index contributed by atoms with van der Waals surface area (Å²) in [5, 5.41) is 8.81. The summed E-state index contributed by atoms with van der Waals surface area (Å²) in [6, 6.07) is 17.8. The van der Waals surface area contributed by atoms with Crippen LogP contribution in [0.15, 0.2) is 60.7 Å². The van der Waals surface area contributed by atoms with Crippen LogP contribution in [0.1, 0.15) is 31.7 Å². The van der Waals surface area contributed by atoms with Gasteiger partial charge < -0.3 is 4.74 Å². The van der Waals surface area contributed by atoms with Crippen LogP contribution >= 0.6 is 0 Å². The van der Waals surface area contributed by atoms with Gasteiger partial charge in [0, 0.05) is 0 Å². The molecule has 0 spiro atoms. The van der Waals surface area contributed by atoms with Gasteiger partial charge in [0.25, 0.3) is 0 Å². The number of rotatable bonds is 7. The summed E-state index contributed by atoms with van der Waals surface area (Å²) in [5.41, 5.74) is 2.91. The van der Waals surface area contributed by atoms with E-state index in [9.17, 15) is 0 Å². The van der Waals surface area contributed by atoms with Gasteiger partial charge >= 0.3 is 0 Å². The predicted octanol–water partition coefficient (Wildman–Crippen LogP) is 5.35. The number of hydrogen-bond donors (Lipinski definition) is 0. The van der Waals surface area contributed by atoms with Gasteiger partial charge in [-0.05, 0) is 48.2 Å². The molecule has 0 radical (unpaired) electrons. The van der Waals surface area contributed by atoms with Gasteiger partial charge in [0.2, 0.25) is 0 Å². The van der Waals surface area contributed by atoms with E-state index in [-0.39, 0.29) is 0 Å². The summed E-state index contributed by atoms with van der Waals surface area (Å²) in [4.78, 5) is 0. The van der Waals surface area contributed by atoms with Gasteiger partial charge in [0.15, 0.2) is 0 Å². The lowest BCUT2D eigenvalue weighted by Gasteiger charge is -2.06. The Labute approximate surface area is 132 Å². The van der Waals surface area contributed by atoms with Crippen molar-refractivity contribution in [2.75, 3.05) is 6.61 Å². The van der Waals surface area contributed by atoms with Crippen molar-refractivity contribution in [2.24, 2.45) is 0 Å². The van der Waals surface area contributed by atoms with Crippen molar-refractivity contribution in [3.05, 3.63) is 66.2 Å². The standard InChI is InChI=1S/C20H21NO/c1-2-3-4-5-6-15-22-20-13-11-19(12-14-20)18-9-7-17(16-21)8-10-18/h4-5,7-14H,2-3,6,15H2,1H3/b5-4+. The van der Waals surface area contributed by atoms with Gasteiger partial charge in [-0.3, -0.25) is 0 Å². The number of unbranched alkanes of at least 4 members (excludes halogenated alkanes) is 1. The summed E-state index contributed by atoms with van der Waals surface area (Å²) in [7, 11) is 0. The van der Waals surface area contributed by atoms with Crippen molar-refractivity contribution in [1.82, 2.24) is 0 Å². The van der Waals surface area contributed by atoms with Crippen molar-refractivity contribution >= 4 is 0 Å².